The zero-order valence-electron chi connectivity index (χ0n) is 7.69. The fourth-order valence-corrected chi connectivity index (χ4v) is 1.27. The van der Waals surface area contributed by atoms with Gasteiger partial charge in [0.2, 0.25) is 0 Å². The molecule has 0 bridgehead atoms. The lowest BCUT2D eigenvalue weighted by Gasteiger charge is -1.98. The normalized spacial score (nSPS) is 10.4. The summed E-state index contributed by atoms with van der Waals surface area (Å²) in [7, 11) is 1.62. The molecule has 2 aromatic rings. The largest absolute Gasteiger partial charge is 0.383 e. The highest BCUT2D eigenvalue weighted by Gasteiger charge is 2.08. The van der Waals surface area contributed by atoms with Gasteiger partial charge in [0.15, 0.2) is 0 Å². The minimum absolute atomic E-state index is 0.214. The number of nitrogens with two attached hydrogens (primary N) is 1. The van der Waals surface area contributed by atoms with Crippen molar-refractivity contribution in [2.75, 3.05) is 5.73 Å². The van der Waals surface area contributed by atoms with Gasteiger partial charge in [-0.15, -0.1) is 0 Å². The summed E-state index contributed by atoms with van der Waals surface area (Å²) < 4.78 is 1.37. The van der Waals surface area contributed by atoms with E-state index >= 15 is 0 Å². The van der Waals surface area contributed by atoms with Crippen molar-refractivity contribution in [1.29, 1.82) is 0 Å². The summed E-state index contributed by atoms with van der Waals surface area (Å²) in [5.74, 6) is 0.432. The number of aromatic nitrogens is 3. The molecule has 0 atom stereocenters. The molecule has 2 heterocycles. The van der Waals surface area contributed by atoms with E-state index in [0.717, 1.165) is 5.56 Å². The van der Waals surface area contributed by atoms with E-state index < -0.39 is 0 Å². The van der Waals surface area contributed by atoms with Gasteiger partial charge >= 0.3 is 5.69 Å². The zero-order valence-corrected chi connectivity index (χ0v) is 7.69. The number of aromatic amines is 1. The predicted octanol–water partition coefficient (Wildman–Crippen LogP) is 0.358. The van der Waals surface area contributed by atoms with Crippen LogP contribution in [0.2, 0.25) is 0 Å². The van der Waals surface area contributed by atoms with Gasteiger partial charge in [0, 0.05) is 25.0 Å². The molecule has 0 radical (unpaired) electrons. The Balaban J connectivity index is 2.64. The molecule has 2 aromatic heterocycles. The first kappa shape index (κ1) is 8.55. The maximum Gasteiger partial charge on any atom is 0.327 e. The molecular weight excluding hydrogens is 180 g/mol. The van der Waals surface area contributed by atoms with Gasteiger partial charge in [-0.2, -0.15) is 0 Å². The fourth-order valence-electron chi connectivity index (χ4n) is 1.27. The van der Waals surface area contributed by atoms with Crippen LogP contribution >= 0.6 is 0 Å². The van der Waals surface area contributed by atoms with E-state index in [4.69, 9.17) is 5.73 Å². The van der Waals surface area contributed by atoms with Gasteiger partial charge in [-0.05, 0) is 12.1 Å². The number of nitrogen functional groups attached to an aromatic ring is 1. The van der Waals surface area contributed by atoms with Crippen LogP contribution in [0.5, 0.6) is 0 Å². The van der Waals surface area contributed by atoms with Crippen LogP contribution in [0.3, 0.4) is 0 Å². The molecule has 0 fully saturated rings. The first-order chi connectivity index (χ1) is 6.70. The molecule has 0 aliphatic rings. The number of anilines is 1. The van der Waals surface area contributed by atoms with Crippen LogP contribution in [0.15, 0.2) is 29.3 Å². The van der Waals surface area contributed by atoms with Crippen molar-refractivity contribution in [1.82, 2.24) is 14.5 Å². The highest BCUT2D eigenvalue weighted by Crippen LogP contribution is 2.20. The Kier molecular flexibility index (Phi) is 1.85. The van der Waals surface area contributed by atoms with Crippen molar-refractivity contribution in [3.63, 3.8) is 0 Å². The third kappa shape index (κ3) is 1.19. The topological polar surface area (TPSA) is 76.7 Å². The monoisotopic (exact) mass is 190 g/mol. The van der Waals surface area contributed by atoms with Crippen LogP contribution < -0.4 is 11.4 Å². The molecule has 0 amide bonds. The van der Waals surface area contributed by atoms with Crippen LogP contribution in [0.25, 0.3) is 11.3 Å². The molecular formula is C9H10N4O. The van der Waals surface area contributed by atoms with E-state index in [2.05, 4.69) is 9.97 Å². The lowest BCUT2D eigenvalue weighted by molar-refractivity contribution is 0.873. The van der Waals surface area contributed by atoms with Crippen molar-refractivity contribution in [2.45, 2.75) is 0 Å². The predicted molar refractivity (Wildman–Crippen MR) is 53.7 cm³/mol. The third-order valence-corrected chi connectivity index (χ3v) is 2.12. The van der Waals surface area contributed by atoms with E-state index in [1.54, 1.807) is 31.6 Å². The standard InChI is InChI=1S/C9H10N4O/c1-13-8(10)7(12-9(13)14)6-2-4-11-5-3-6/h2-5H,10H2,1H3,(H,12,14). The van der Waals surface area contributed by atoms with E-state index in [-0.39, 0.29) is 5.69 Å². The molecule has 0 aliphatic carbocycles. The van der Waals surface area contributed by atoms with E-state index in [1.807, 2.05) is 0 Å². The molecule has 14 heavy (non-hydrogen) atoms. The third-order valence-electron chi connectivity index (χ3n) is 2.12. The molecule has 5 heteroatoms. The maximum atomic E-state index is 11.2. The minimum Gasteiger partial charge on any atom is -0.383 e. The molecule has 0 saturated carbocycles. The van der Waals surface area contributed by atoms with Gasteiger partial charge in [-0.1, -0.05) is 0 Å². The molecule has 3 N–H and O–H groups in total. The highest BCUT2D eigenvalue weighted by atomic mass is 16.1. The first-order valence-corrected chi connectivity index (χ1v) is 4.15. The maximum absolute atomic E-state index is 11.2. The van der Waals surface area contributed by atoms with Crippen molar-refractivity contribution in [2.24, 2.45) is 7.05 Å². The summed E-state index contributed by atoms with van der Waals surface area (Å²) in [6, 6.07) is 3.59. The fraction of sp³-hybridized carbons (Fsp3) is 0.111. The van der Waals surface area contributed by atoms with Crippen LogP contribution in [0.1, 0.15) is 0 Å². The van der Waals surface area contributed by atoms with E-state index in [9.17, 15) is 4.79 Å². The summed E-state index contributed by atoms with van der Waals surface area (Å²) in [5, 5.41) is 0. The highest BCUT2D eigenvalue weighted by molar-refractivity contribution is 5.69. The summed E-state index contributed by atoms with van der Waals surface area (Å²) in [5.41, 5.74) is 7.03. The van der Waals surface area contributed by atoms with Gasteiger partial charge < -0.3 is 10.7 Å². The number of nitrogens with one attached hydrogen (secondary N) is 1. The molecule has 72 valence electrons. The molecule has 5 nitrogen and oxygen atoms in total. The average molecular weight is 190 g/mol. The van der Waals surface area contributed by atoms with Crippen LogP contribution in [0, 0.1) is 0 Å². The smallest absolute Gasteiger partial charge is 0.327 e. The molecule has 0 aromatic carbocycles. The Morgan fingerprint density at radius 3 is 2.57 bits per heavy atom. The van der Waals surface area contributed by atoms with Gasteiger partial charge in [0.1, 0.15) is 5.82 Å². The van der Waals surface area contributed by atoms with Crippen LogP contribution in [-0.2, 0) is 7.05 Å². The second-order valence-corrected chi connectivity index (χ2v) is 2.99. The molecule has 0 saturated heterocycles. The quantitative estimate of drug-likeness (QED) is 0.681. The Morgan fingerprint density at radius 1 is 1.43 bits per heavy atom. The zero-order chi connectivity index (χ0) is 10.1. The molecule has 0 aliphatic heterocycles. The SMILES string of the molecule is Cn1c(N)c(-c2ccncc2)[nH]c1=O. The lowest BCUT2D eigenvalue weighted by Crippen LogP contribution is -2.13. The van der Waals surface area contributed by atoms with Crippen molar-refractivity contribution < 1.29 is 0 Å². The number of hydrogen-bond donors (Lipinski definition) is 2. The van der Waals surface area contributed by atoms with Gasteiger partial charge in [0.05, 0.1) is 5.69 Å². The Morgan fingerprint density at radius 2 is 2.07 bits per heavy atom. The molecule has 0 unspecified atom stereocenters. The summed E-state index contributed by atoms with van der Waals surface area (Å²) >= 11 is 0. The Hall–Kier alpha value is -2.04. The minimum atomic E-state index is -0.214. The number of pyridine rings is 1. The van der Waals surface area contributed by atoms with Crippen molar-refractivity contribution >= 4 is 5.82 Å². The Bertz CT molecular complexity index is 497. The summed E-state index contributed by atoms with van der Waals surface area (Å²) in [6.45, 7) is 0. The summed E-state index contributed by atoms with van der Waals surface area (Å²) in [4.78, 5) is 17.8. The second kappa shape index (κ2) is 3.02. The van der Waals surface area contributed by atoms with E-state index in [0.29, 0.717) is 11.5 Å². The lowest BCUT2D eigenvalue weighted by atomic mass is 10.2. The van der Waals surface area contributed by atoms with Gasteiger partial charge in [-0.25, -0.2) is 4.79 Å². The Labute approximate surface area is 80.2 Å². The van der Waals surface area contributed by atoms with E-state index in [1.165, 1.54) is 4.57 Å². The number of H-pyrrole nitrogens is 1. The van der Waals surface area contributed by atoms with Crippen molar-refractivity contribution in [3.8, 4) is 11.3 Å². The van der Waals surface area contributed by atoms with Gasteiger partial charge in [-0.3, -0.25) is 9.55 Å². The first-order valence-electron chi connectivity index (χ1n) is 4.15. The van der Waals surface area contributed by atoms with Crippen LogP contribution in [0.4, 0.5) is 5.82 Å². The molecule has 2 rings (SSSR count). The average Bonchev–Trinajstić information content (AvgIpc) is 2.47. The van der Waals surface area contributed by atoms with Crippen LogP contribution in [-0.4, -0.2) is 14.5 Å². The molecule has 0 spiro atoms. The summed E-state index contributed by atoms with van der Waals surface area (Å²) in [6.07, 6.45) is 3.31. The number of nitrogens with zero attached hydrogens (tertiary/aromatic N) is 2. The number of hydrogen-bond acceptors (Lipinski definition) is 3. The second-order valence-electron chi connectivity index (χ2n) is 2.99. The number of imidazole rings is 1. The van der Waals surface area contributed by atoms with Crippen molar-refractivity contribution in [3.05, 3.63) is 35.0 Å². The number of rotatable bonds is 1. The van der Waals surface area contributed by atoms with Gasteiger partial charge in [0.25, 0.3) is 0 Å².